The lowest BCUT2D eigenvalue weighted by Gasteiger charge is -2.35. The van der Waals surface area contributed by atoms with Crippen LogP contribution in [0.4, 0.5) is 0 Å². The van der Waals surface area contributed by atoms with Crippen LogP contribution < -0.4 is 10.1 Å². The number of morpholine rings is 1. The third-order valence-corrected chi connectivity index (χ3v) is 5.60. The van der Waals surface area contributed by atoms with Crippen molar-refractivity contribution in [2.75, 3.05) is 40.0 Å². The Kier molecular flexibility index (Phi) is 6.26. The van der Waals surface area contributed by atoms with Crippen LogP contribution in [0.5, 0.6) is 5.75 Å². The molecule has 1 aliphatic rings. The Morgan fingerprint density at radius 1 is 1.17 bits per heavy atom. The highest BCUT2D eigenvalue weighted by Gasteiger charge is 2.24. The standard InChI is InChI=1S/C24H27N3O3/c1-17-21(15-19-5-3-4-6-22(19)26-17)24(28)25-16-23(27-11-13-30-14-12-27)18-7-9-20(29-2)10-8-18/h3-10,15,23H,11-14,16H2,1-2H3,(H,25,28). The number of carbonyl (C=O) groups excluding carboxylic acids is 1. The summed E-state index contributed by atoms with van der Waals surface area (Å²) in [6, 6.07) is 17.9. The molecule has 1 N–H and O–H groups in total. The maximum absolute atomic E-state index is 13.0. The molecule has 0 radical (unpaired) electrons. The van der Waals surface area contributed by atoms with E-state index in [1.54, 1.807) is 7.11 Å². The summed E-state index contributed by atoms with van der Waals surface area (Å²) in [5, 5.41) is 4.10. The van der Waals surface area contributed by atoms with Crippen molar-refractivity contribution in [2.45, 2.75) is 13.0 Å². The van der Waals surface area contributed by atoms with Crippen LogP contribution in [0.15, 0.2) is 54.6 Å². The van der Waals surface area contributed by atoms with Crippen LogP contribution >= 0.6 is 0 Å². The molecule has 30 heavy (non-hydrogen) atoms. The molecule has 6 heteroatoms. The van der Waals surface area contributed by atoms with E-state index in [-0.39, 0.29) is 11.9 Å². The number of benzene rings is 2. The number of amides is 1. The second-order valence-corrected chi connectivity index (χ2v) is 7.46. The van der Waals surface area contributed by atoms with Crippen molar-refractivity contribution < 1.29 is 14.3 Å². The van der Waals surface area contributed by atoms with E-state index in [1.165, 1.54) is 0 Å². The SMILES string of the molecule is COc1ccc(C(CNC(=O)c2cc3ccccc3nc2C)N2CCOCC2)cc1. The van der Waals surface area contributed by atoms with Gasteiger partial charge in [-0.2, -0.15) is 0 Å². The molecule has 0 saturated carbocycles. The zero-order chi connectivity index (χ0) is 20.9. The first-order valence-corrected chi connectivity index (χ1v) is 10.3. The van der Waals surface area contributed by atoms with Gasteiger partial charge in [-0.15, -0.1) is 0 Å². The maximum atomic E-state index is 13.0. The molecule has 1 fully saturated rings. The van der Waals surface area contributed by atoms with Gasteiger partial charge in [-0.25, -0.2) is 0 Å². The number of aryl methyl sites for hydroxylation is 1. The van der Waals surface area contributed by atoms with Gasteiger partial charge in [0.25, 0.3) is 5.91 Å². The van der Waals surface area contributed by atoms with Crippen LogP contribution in [0.3, 0.4) is 0 Å². The van der Waals surface area contributed by atoms with Gasteiger partial charge in [0.1, 0.15) is 5.75 Å². The first-order chi connectivity index (χ1) is 14.7. The number of fused-ring (bicyclic) bond motifs is 1. The monoisotopic (exact) mass is 405 g/mol. The van der Waals surface area contributed by atoms with Gasteiger partial charge in [0.05, 0.1) is 43.1 Å². The Morgan fingerprint density at radius 2 is 1.90 bits per heavy atom. The van der Waals surface area contributed by atoms with Gasteiger partial charge in [0, 0.05) is 25.0 Å². The van der Waals surface area contributed by atoms with Crippen LogP contribution in [-0.2, 0) is 4.74 Å². The molecule has 2 heterocycles. The number of carbonyl (C=O) groups is 1. The van der Waals surface area contributed by atoms with E-state index in [0.29, 0.717) is 25.3 Å². The topological polar surface area (TPSA) is 63.7 Å². The molecule has 1 atom stereocenters. The van der Waals surface area contributed by atoms with Gasteiger partial charge < -0.3 is 14.8 Å². The highest BCUT2D eigenvalue weighted by atomic mass is 16.5. The molecule has 0 spiro atoms. The Bertz CT molecular complexity index is 1010. The number of pyridine rings is 1. The van der Waals surface area contributed by atoms with Gasteiger partial charge in [-0.05, 0) is 36.8 Å². The molecule has 1 unspecified atom stereocenters. The van der Waals surface area contributed by atoms with Gasteiger partial charge in [-0.1, -0.05) is 30.3 Å². The number of nitrogens with one attached hydrogen (secondary N) is 1. The number of hydrogen-bond donors (Lipinski definition) is 1. The van der Waals surface area contributed by atoms with E-state index in [4.69, 9.17) is 9.47 Å². The smallest absolute Gasteiger partial charge is 0.253 e. The van der Waals surface area contributed by atoms with Crippen molar-refractivity contribution in [1.82, 2.24) is 15.2 Å². The summed E-state index contributed by atoms with van der Waals surface area (Å²) in [5.41, 5.74) is 3.39. The van der Waals surface area contributed by atoms with Crippen molar-refractivity contribution in [3.8, 4) is 5.75 Å². The predicted octanol–water partition coefficient (Wildman–Crippen LogP) is 3.36. The molecule has 2 aromatic carbocycles. The number of para-hydroxylation sites is 1. The Labute approximate surface area is 176 Å². The van der Waals surface area contributed by atoms with Crippen molar-refractivity contribution in [1.29, 1.82) is 0 Å². The van der Waals surface area contributed by atoms with Gasteiger partial charge in [-0.3, -0.25) is 14.7 Å². The van der Waals surface area contributed by atoms with E-state index in [0.717, 1.165) is 41.0 Å². The fourth-order valence-electron chi connectivity index (χ4n) is 3.90. The van der Waals surface area contributed by atoms with Crippen molar-refractivity contribution in [3.05, 3.63) is 71.4 Å². The average molecular weight is 405 g/mol. The summed E-state index contributed by atoms with van der Waals surface area (Å²) >= 11 is 0. The van der Waals surface area contributed by atoms with E-state index in [2.05, 4.69) is 27.3 Å². The predicted molar refractivity (Wildman–Crippen MR) is 117 cm³/mol. The third kappa shape index (κ3) is 4.45. The molecular formula is C24H27N3O3. The zero-order valence-electron chi connectivity index (χ0n) is 17.4. The van der Waals surface area contributed by atoms with Crippen LogP contribution in [-0.4, -0.2) is 55.7 Å². The number of ether oxygens (including phenoxy) is 2. The average Bonchev–Trinajstić information content (AvgIpc) is 2.79. The first kappa shape index (κ1) is 20.3. The highest BCUT2D eigenvalue weighted by molar-refractivity contribution is 5.98. The van der Waals surface area contributed by atoms with Gasteiger partial charge in [0.15, 0.2) is 0 Å². The second kappa shape index (κ2) is 9.24. The van der Waals surface area contributed by atoms with E-state index in [9.17, 15) is 4.79 Å². The summed E-state index contributed by atoms with van der Waals surface area (Å²) in [6.07, 6.45) is 0. The minimum absolute atomic E-state index is 0.0671. The summed E-state index contributed by atoms with van der Waals surface area (Å²) in [6.45, 7) is 5.47. The molecule has 1 saturated heterocycles. The number of methoxy groups -OCH3 is 1. The lowest BCUT2D eigenvalue weighted by atomic mass is 10.0. The Hall–Kier alpha value is -2.96. The van der Waals surface area contributed by atoms with Crippen molar-refractivity contribution >= 4 is 16.8 Å². The number of rotatable bonds is 6. The van der Waals surface area contributed by atoms with Crippen LogP contribution in [0.25, 0.3) is 10.9 Å². The van der Waals surface area contributed by atoms with Crippen LogP contribution in [0, 0.1) is 6.92 Å². The van der Waals surface area contributed by atoms with Crippen LogP contribution in [0.1, 0.15) is 27.7 Å². The van der Waals surface area contributed by atoms with Crippen molar-refractivity contribution in [2.24, 2.45) is 0 Å². The lowest BCUT2D eigenvalue weighted by Crippen LogP contribution is -2.43. The molecule has 4 rings (SSSR count). The minimum Gasteiger partial charge on any atom is -0.497 e. The fourth-order valence-corrected chi connectivity index (χ4v) is 3.90. The number of aromatic nitrogens is 1. The lowest BCUT2D eigenvalue weighted by molar-refractivity contribution is 0.0162. The highest BCUT2D eigenvalue weighted by Crippen LogP contribution is 2.24. The van der Waals surface area contributed by atoms with Gasteiger partial charge >= 0.3 is 0 Å². The summed E-state index contributed by atoms with van der Waals surface area (Å²) < 4.78 is 10.8. The minimum atomic E-state index is -0.0995. The van der Waals surface area contributed by atoms with E-state index >= 15 is 0 Å². The first-order valence-electron chi connectivity index (χ1n) is 10.3. The second-order valence-electron chi connectivity index (χ2n) is 7.46. The van der Waals surface area contributed by atoms with E-state index < -0.39 is 0 Å². The summed E-state index contributed by atoms with van der Waals surface area (Å²) in [5.74, 6) is 0.721. The summed E-state index contributed by atoms with van der Waals surface area (Å²) in [4.78, 5) is 20.0. The zero-order valence-corrected chi connectivity index (χ0v) is 17.4. The number of hydrogen-bond acceptors (Lipinski definition) is 5. The Morgan fingerprint density at radius 3 is 2.63 bits per heavy atom. The molecule has 6 nitrogen and oxygen atoms in total. The molecule has 1 aromatic heterocycles. The van der Waals surface area contributed by atoms with Crippen molar-refractivity contribution in [3.63, 3.8) is 0 Å². The maximum Gasteiger partial charge on any atom is 0.253 e. The Balaban J connectivity index is 1.54. The quantitative estimate of drug-likeness (QED) is 0.681. The summed E-state index contributed by atoms with van der Waals surface area (Å²) in [7, 11) is 1.66. The third-order valence-electron chi connectivity index (χ3n) is 5.60. The molecule has 1 amide bonds. The molecule has 3 aromatic rings. The molecular weight excluding hydrogens is 378 g/mol. The number of nitrogens with zero attached hydrogens (tertiary/aromatic N) is 2. The fraction of sp³-hybridized carbons (Fsp3) is 0.333. The van der Waals surface area contributed by atoms with E-state index in [1.807, 2.05) is 49.4 Å². The van der Waals surface area contributed by atoms with Gasteiger partial charge in [0.2, 0.25) is 0 Å². The normalized spacial score (nSPS) is 15.7. The molecule has 0 bridgehead atoms. The molecule has 156 valence electrons. The van der Waals surface area contributed by atoms with Crippen LogP contribution in [0.2, 0.25) is 0 Å². The molecule has 1 aliphatic heterocycles. The largest absolute Gasteiger partial charge is 0.497 e. The molecule has 0 aliphatic carbocycles.